The molecule has 2 aromatic carbocycles. The number of aromatic amines is 1. The van der Waals surface area contributed by atoms with Crippen LogP contribution in [-0.2, 0) is 0 Å². The molecule has 0 unspecified atom stereocenters. The fraction of sp³-hybridized carbons (Fsp3) is 0.105. The van der Waals surface area contributed by atoms with Gasteiger partial charge < -0.3 is 19.8 Å². The third-order valence-electron chi connectivity index (χ3n) is 4.15. The van der Waals surface area contributed by atoms with Crippen molar-refractivity contribution in [2.75, 3.05) is 17.7 Å². The van der Waals surface area contributed by atoms with Gasteiger partial charge in [-0.3, -0.25) is 4.98 Å². The maximum Gasteiger partial charge on any atom is 0.417 e. The van der Waals surface area contributed by atoms with Gasteiger partial charge in [-0.05, 0) is 37.3 Å². The Balaban J connectivity index is 1.63. The van der Waals surface area contributed by atoms with Crippen molar-refractivity contribution in [2.45, 2.75) is 6.92 Å². The number of H-pyrrole nitrogens is 1. The van der Waals surface area contributed by atoms with Gasteiger partial charge in [-0.2, -0.15) is 4.98 Å². The summed E-state index contributed by atoms with van der Waals surface area (Å²) < 4.78 is 37.6. The predicted molar refractivity (Wildman–Crippen MR) is 103 cm³/mol. The van der Waals surface area contributed by atoms with Gasteiger partial charge in [0.25, 0.3) is 0 Å². The molecule has 0 bridgehead atoms. The van der Waals surface area contributed by atoms with Crippen molar-refractivity contribution in [1.29, 1.82) is 0 Å². The molecule has 0 aliphatic rings. The molecule has 0 radical (unpaired) electrons. The molecule has 0 saturated carbocycles. The summed E-state index contributed by atoms with van der Waals surface area (Å²) in [4.78, 5) is 22.3. The lowest BCUT2D eigenvalue weighted by atomic mass is 10.2. The van der Waals surface area contributed by atoms with Crippen molar-refractivity contribution in [2.24, 2.45) is 0 Å². The number of methoxy groups -OCH3 is 1. The lowest BCUT2D eigenvalue weighted by Crippen LogP contribution is -2.05. The molecular weight excluding hydrogens is 384 g/mol. The minimum Gasteiger partial charge on any atom is -0.491 e. The fourth-order valence-electron chi connectivity index (χ4n) is 2.73. The fourth-order valence-corrected chi connectivity index (χ4v) is 2.73. The summed E-state index contributed by atoms with van der Waals surface area (Å²) in [6.07, 6.45) is 1.55. The third kappa shape index (κ3) is 3.59. The highest BCUT2D eigenvalue weighted by Gasteiger charge is 2.15. The van der Waals surface area contributed by atoms with E-state index in [0.717, 1.165) is 11.6 Å². The normalized spacial score (nSPS) is 10.9. The first kappa shape index (κ1) is 18.4. The molecule has 148 valence electrons. The van der Waals surface area contributed by atoms with Crippen molar-refractivity contribution in [3.05, 3.63) is 64.3 Å². The van der Waals surface area contributed by atoms with Crippen molar-refractivity contribution >= 4 is 34.2 Å². The number of hydrogen-bond donors (Lipinski definition) is 3. The van der Waals surface area contributed by atoms with Gasteiger partial charge in [0.05, 0.1) is 18.3 Å². The van der Waals surface area contributed by atoms with Gasteiger partial charge in [0.2, 0.25) is 5.95 Å². The number of hydrogen-bond acceptors (Lipinski definition) is 7. The second kappa shape index (κ2) is 7.23. The smallest absolute Gasteiger partial charge is 0.417 e. The van der Waals surface area contributed by atoms with Crippen LogP contribution in [0.3, 0.4) is 0 Å². The number of ether oxygens (including phenoxy) is 1. The standard InChI is InChI=1S/C19H15F2N5O3/c1-9-8-22-18(24-12-5-4-11(20)16(28-2)15(12)21)26-17(9)23-10-3-6-14-13(7-10)25-19(27)29-14/h3-8H,1-2H3,(H,25,27)(H2,22,23,24,26). The van der Waals surface area contributed by atoms with Crippen molar-refractivity contribution < 1.29 is 17.9 Å². The Hall–Kier alpha value is -3.95. The largest absolute Gasteiger partial charge is 0.491 e. The highest BCUT2D eigenvalue weighted by molar-refractivity contribution is 5.78. The summed E-state index contributed by atoms with van der Waals surface area (Å²) in [5.41, 5.74) is 2.31. The number of rotatable bonds is 5. The molecule has 29 heavy (non-hydrogen) atoms. The lowest BCUT2D eigenvalue weighted by molar-refractivity contribution is 0.361. The van der Waals surface area contributed by atoms with Crippen LogP contribution in [0.25, 0.3) is 11.1 Å². The topological polar surface area (TPSA) is 105 Å². The summed E-state index contributed by atoms with van der Waals surface area (Å²) in [6.45, 7) is 1.80. The number of oxazole rings is 1. The van der Waals surface area contributed by atoms with E-state index in [9.17, 15) is 13.6 Å². The highest BCUT2D eigenvalue weighted by Crippen LogP contribution is 2.29. The van der Waals surface area contributed by atoms with E-state index in [4.69, 9.17) is 9.15 Å². The minimum atomic E-state index is -0.888. The van der Waals surface area contributed by atoms with E-state index in [1.807, 2.05) is 0 Å². The molecule has 4 aromatic rings. The van der Waals surface area contributed by atoms with Crippen molar-refractivity contribution in [1.82, 2.24) is 15.0 Å². The second-order valence-electron chi connectivity index (χ2n) is 6.14. The van der Waals surface area contributed by atoms with Crippen LogP contribution < -0.4 is 21.1 Å². The Morgan fingerprint density at radius 1 is 1.17 bits per heavy atom. The van der Waals surface area contributed by atoms with Crippen LogP contribution in [0.5, 0.6) is 5.75 Å². The van der Waals surface area contributed by atoms with E-state index in [2.05, 4.69) is 25.6 Å². The van der Waals surface area contributed by atoms with Crippen LogP contribution in [0, 0.1) is 18.6 Å². The van der Waals surface area contributed by atoms with Crippen LogP contribution >= 0.6 is 0 Å². The summed E-state index contributed by atoms with van der Waals surface area (Å²) in [5.74, 6) is -2.18. The van der Waals surface area contributed by atoms with Crippen LogP contribution in [0.15, 0.2) is 45.7 Å². The summed E-state index contributed by atoms with van der Waals surface area (Å²) in [5, 5.41) is 5.83. The van der Waals surface area contributed by atoms with Crippen molar-refractivity contribution in [3.8, 4) is 5.75 Å². The van der Waals surface area contributed by atoms with E-state index in [0.29, 0.717) is 22.6 Å². The van der Waals surface area contributed by atoms with Gasteiger partial charge in [0, 0.05) is 17.4 Å². The first-order chi connectivity index (χ1) is 13.9. The molecule has 10 heteroatoms. The maximum absolute atomic E-state index is 14.4. The molecule has 0 saturated heterocycles. The minimum absolute atomic E-state index is 0.0320. The number of fused-ring (bicyclic) bond motifs is 1. The number of nitrogens with one attached hydrogen (secondary N) is 3. The first-order valence-corrected chi connectivity index (χ1v) is 8.47. The third-order valence-corrected chi connectivity index (χ3v) is 4.15. The molecule has 0 spiro atoms. The molecular formula is C19H15F2N5O3. The number of nitrogens with zero attached hydrogens (tertiary/aromatic N) is 2. The van der Waals surface area contributed by atoms with Gasteiger partial charge in [0.1, 0.15) is 5.82 Å². The number of benzene rings is 2. The van der Waals surface area contributed by atoms with Crippen molar-refractivity contribution in [3.63, 3.8) is 0 Å². The molecule has 3 N–H and O–H groups in total. The Morgan fingerprint density at radius 3 is 2.79 bits per heavy atom. The summed E-state index contributed by atoms with van der Waals surface area (Å²) >= 11 is 0. The van der Waals surface area contributed by atoms with E-state index in [1.54, 1.807) is 31.3 Å². The van der Waals surface area contributed by atoms with E-state index in [1.165, 1.54) is 13.2 Å². The quantitative estimate of drug-likeness (QED) is 0.466. The average Bonchev–Trinajstić information content (AvgIpc) is 3.06. The predicted octanol–water partition coefficient (Wildman–Crippen LogP) is 3.99. The van der Waals surface area contributed by atoms with Crippen LogP contribution in [0.4, 0.5) is 31.9 Å². The summed E-state index contributed by atoms with van der Waals surface area (Å²) in [7, 11) is 1.18. The molecule has 0 fully saturated rings. The second-order valence-corrected chi connectivity index (χ2v) is 6.14. The molecule has 4 rings (SSSR count). The Bertz CT molecular complexity index is 1270. The lowest BCUT2D eigenvalue weighted by Gasteiger charge is -2.12. The molecule has 8 nitrogen and oxygen atoms in total. The molecule has 2 heterocycles. The monoisotopic (exact) mass is 399 g/mol. The average molecular weight is 399 g/mol. The number of halogens is 2. The number of anilines is 4. The van der Waals surface area contributed by atoms with E-state index >= 15 is 0 Å². The number of aryl methyl sites for hydroxylation is 1. The molecule has 0 amide bonds. The zero-order valence-electron chi connectivity index (χ0n) is 15.3. The van der Waals surface area contributed by atoms with Crippen LogP contribution in [-0.4, -0.2) is 22.1 Å². The van der Waals surface area contributed by atoms with Gasteiger partial charge in [-0.25, -0.2) is 18.6 Å². The van der Waals surface area contributed by atoms with Gasteiger partial charge in [-0.15, -0.1) is 0 Å². The van der Waals surface area contributed by atoms with E-state index < -0.39 is 23.1 Å². The zero-order valence-corrected chi connectivity index (χ0v) is 15.3. The SMILES string of the molecule is COc1c(F)ccc(Nc2ncc(C)c(Nc3ccc4oc(=O)[nH]c4c3)n2)c1F. The van der Waals surface area contributed by atoms with Crippen LogP contribution in [0.1, 0.15) is 5.56 Å². The number of aromatic nitrogens is 3. The molecule has 2 aromatic heterocycles. The van der Waals surface area contributed by atoms with Gasteiger partial charge >= 0.3 is 5.76 Å². The first-order valence-electron chi connectivity index (χ1n) is 8.47. The van der Waals surface area contributed by atoms with E-state index in [-0.39, 0.29) is 11.6 Å². The highest BCUT2D eigenvalue weighted by atomic mass is 19.1. The summed E-state index contributed by atoms with van der Waals surface area (Å²) in [6, 6.07) is 7.37. The molecule has 0 atom stereocenters. The van der Waals surface area contributed by atoms with Gasteiger partial charge in [-0.1, -0.05) is 0 Å². The maximum atomic E-state index is 14.4. The van der Waals surface area contributed by atoms with Crippen LogP contribution in [0.2, 0.25) is 0 Å². The Labute approximate surface area is 162 Å². The van der Waals surface area contributed by atoms with Gasteiger partial charge in [0.15, 0.2) is 23.0 Å². The molecule has 0 aliphatic heterocycles. The molecule has 0 aliphatic carbocycles. The zero-order chi connectivity index (χ0) is 20.5. The Kier molecular flexibility index (Phi) is 4.59. The Morgan fingerprint density at radius 2 is 2.00 bits per heavy atom.